The Morgan fingerprint density at radius 2 is 2.24 bits per heavy atom. The number of rotatable bonds is 3. The van der Waals surface area contributed by atoms with E-state index in [1.54, 1.807) is 0 Å². The molecule has 3 heterocycles. The standard InChI is InChI=1S/C18H27N5O2/c1-13-8-15(25-21-13)9-20-17(24)22-7-5-6-14(11-22)16-10-19-12-23(16)18(2,3)4/h8,10,12,14H,5-7,9,11H2,1-4H3,(H,20,24)/t14-/m0/s1. The van der Waals surface area contributed by atoms with Crippen LogP contribution in [0.5, 0.6) is 0 Å². The molecule has 1 fully saturated rings. The Kier molecular flexibility index (Phi) is 4.83. The fraction of sp³-hybridized carbons (Fsp3) is 0.611. The van der Waals surface area contributed by atoms with Crippen molar-refractivity contribution in [3.05, 3.63) is 35.7 Å². The fourth-order valence-corrected chi connectivity index (χ4v) is 3.35. The monoisotopic (exact) mass is 345 g/mol. The van der Waals surface area contributed by atoms with Gasteiger partial charge in [0.1, 0.15) is 0 Å². The molecule has 0 radical (unpaired) electrons. The molecule has 1 aliphatic heterocycles. The lowest BCUT2D eigenvalue weighted by molar-refractivity contribution is 0.175. The van der Waals surface area contributed by atoms with Gasteiger partial charge in [0.2, 0.25) is 0 Å². The van der Waals surface area contributed by atoms with Crippen molar-refractivity contribution in [2.45, 2.75) is 58.5 Å². The van der Waals surface area contributed by atoms with E-state index >= 15 is 0 Å². The number of nitrogens with zero attached hydrogens (tertiary/aromatic N) is 4. The highest BCUT2D eigenvalue weighted by Crippen LogP contribution is 2.30. The lowest BCUT2D eigenvalue weighted by Gasteiger charge is -2.35. The first kappa shape index (κ1) is 17.5. The van der Waals surface area contributed by atoms with Gasteiger partial charge in [-0.2, -0.15) is 0 Å². The number of urea groups is 1. The summed E-state index contributed by atoms with van der Waals surface area (Å²) < 4.78 is 7.36. The van der Waals surface area contributed by atoms with Crippen LogP contribution in [0.15, 0.2) is 23.1 Å². The third kappa shape index (κ3) is 4.03. The number of carbonyl (C=O) groups is 1. The van der Waals surface area contributed by atoms with Crippen LogP contribution < -0.4 is 5.32 Å². The van der Waals surface area contributed by atoms with Gasteiger partial charge >= 0.3 is 6.03 Å². The summed E-state index contributed by atoms with van der Waals surface area (Å²) in [4.78, 5) is 18.7. The third-order valence-corrected chi connectivity index (χ3v) is 4.61. The van der Waals surface area contributed by atoms with Gasteiger partial charge < -0.3 is 19.3 Å². The molecule has 1 atom stereocenters. The van der Waals surface area contributed by atoms with E-state index in [0.717, 1.165) is 25.1 Å². The van der Waals surface area contributed by atoms with E-state index < -0.39 is 0 Å². The van der Waals surface area contributed by atoms with Crippen LogP contribution in [0.3, 0.4) is 0 Å². The molecule has 0 unspecified atom stereocenters. The minimum absolute atomic E-state index is 0.0134. The Morgan fingerprint density at radius 1 is 1.44 bits per heavy atom. The minimum Gasteiger partial charge on any atom is -0.359 e. The normalized spacial score (nSPS) is 18.4. The first-order chi connectivity index (χ1) is 11.8. The van der Waals surface area contributed by atoms with E-state index in [0.29, 0.717) is 24.8 Å². The molecule has 1 N–H and O–H groups in total. The zero-order valence-electron chi connectivity index (χ0n) is 15.5. The molecule has 0 bridgehead atoms. The Balaban J connectivity index is 1.63. The molecule has 0 spiro atoms. The van der Waals surface area contributed by atoms with E-state index in [-0.39, 0.29) is 11.6 Å². The van der Waals surface area contributed by atoms with Crippen LogP contribution in [0.2, 0.25) is 0 Å². The average Bonchev–Trinajstić information content (AvgIpc) is 3.21. The van der Waals surface area contributed by atoms with Crippen molar-refractivity contribution in [2.75, 3.05) is 13.1 Å². The maximum Gasteiger partial charge on any atom is 0.317 e. The van der Waals surface area contributed by atoms with E-state index in [4.69, 9.17) is 4.52 Å². The highest BCUT2D eigenvalue weighted by molar-refractivity contribution is 5.74. The number of imidazole rings is 1. The quantitative estimate of drug-likeness (QED) is 0.928. The molecule has 2 amide bonds. The summed E-state index contributed by atoms with van der Waals surface area (Å²) in [6.07, 6.45) is 5.90. The molecule has 136 valence electrons. The Labute approximate surface area is 148 Å². The van der Waals surface area contributed by atoms with Crippen LogP contribution in [0, 0.1) is 6.92 Å². The predicted molar refractivity (Wildman–Crippen MR) is 94.2 cm³/mol. The molecule has 0 aliphatic carbocycles. The van der Waals surface area contributed by atoms with Crippen molar-refractivity contribution in [3.8, 4) is 0 Å². The van der Waals surface area contributed by atoms with Gasteiger partial charge in [-0.1, -0.05) is 5.16 Å². The van der Waals surface area contributed by atoms with E-state index in [1.165, 1.54) is 5.69 Å². The van der Waals surface area contributed by atoms with Gasteiger partial charge in [0.05, 0.1) is 18.6 Å². The van der Waals surface area contributed by atoms with Gasteiger partial charge in [0.15, 0.2) is 5.76 Å². The number of nitrogens with one attached hydrogen (secondary N) is 1. The molecule has 2 aromatic rings. The van der Waals surface area contributed by atoms with Gasteiger partial charge in [-0.15, -0.1) is 0 Å². The molecule has 7 nitrogen and oxygen atoms in total. The minimum atomic E-state index is -0.0550. The van der Waals surface area contributed by atoms with Gasteiger partial charge in [-0.05, 0) is 40.5 Å². The molecule has 1 saturated heterocycles. The van der Waals surface area contributed by atoms with Crippen LogP contribution in [0.25, 0.3) is 0 Å². The maximum absolute atomic E-state index is 12.5. The number of aromatic nitrogens is 3. The third-order valence-electron chi connectivity index (χ3n) is 4.61. The molecule has 2 aromatic heterocycles. The highest BCUT2D eigenvalue weighted by atomic mass is 16.5. The maximum atomic E-state index is 12.5. The summed E-state index contributed by atoms with van der Waals surface area (Å²) in [5.41, 5.74) is 2.01. The van der Waals surface area contributed by atoms with Crippen molar-refractivity contribution in [2.24, 2.45) is 0 Å². The van der Waals surface area contributed by atoms with Crippen LogP contribution in [-0.4, -0.2) is 38.7 Å². The SMILES string of the molecule is Cc1cc(CNC(=O)N2CCC[C@H](c3cncn3C(C)(C)C)C2)on1. The Bertz CT molecular complexity index is 728. The van der Waals surface area contributed by atoms with Crippen LogP contribution in [0.4, 0.5) is 4.79 Å². The van der Waals surface area contributed by atoms with Crippen molar-refractivity contribution in [1.82, 2.24) is 24.9 Å². The van der Waals surface area contributed by atoms with Gasteiger partial charge in [0.25, 0.3) is 0 Å². The topological polar surface area (TPSA) is 76.2 Å². The number of piperidine rings is 1. The number of hydrogen-bond acceptors (Lipinski definition) is 4. The van der Waals surface area contributed by atoms with Gasteiger partial charge in [-0.3, -0.25) is 0 Å². The summed E-state index contributed by atoms with van der Waals surface area (Å²) in [5.74, 6) is 0.985. The number of hydrogen-bond donors (Lipinski definition) is 1. The van der Waals surface area contributed by atoms with Gasteiger partial charge in [0, 0.05) is 42.5 Å². The number of likely N-dealkylation sites (tertiary alicyclic amines) is 1. The summed E-state index contributed by atoms with van der Waals surface area (Å²) in [5, 5.41) is 6.76. The molecular weight excluding hydrogens is 318 g/mol. The predicted octanol–water partition coefficient (Wildman–Crippen LogP) is 3.02. The van der Waals surface area contributed by atoms with E-state index in [9.17, 15) is 4.79 Å². The van der Waals surface area contributed by atoms with Crippen molar-refractivity contribution >= 4 is 6.03 Å². The largest absolute Gasteiger partial charge is 0.359 e. The van der Waals surface area contributed by atoms with Crippen molar-refractivity contribution in [1.29, 1.82) is 0 Å². The van der Waals surface area contributed by atoms with Crippen LogP contribution in [0.1, 0.15) is 56.7 Å². The smallest absolute Gasteiger partial charge is 0.317 e. The zero-order chi connectivity index (χ0) is 18.0. The summed E-state index contributed by atoms with van der Waals surface area (Å²) in [6, 6.07) is 1.78. The molecule has 7 heteroatoms. The van der Waals surface area contributed by atoms with E-state index in [1.807, 2.05) is 30.4 Å². The number of aryl methyl sites for hydroxylation is 1. The first-order valence-corrected chi connectivity index (χ1v) is 8.82. The summed E-state index contributed by atoms with van der Waals surface area (Å²) >= 11 is 0. The average molecular weight is 345 g/mol. The van der Waals surface area contributed by atoms with Crippen LogP contribution in [-0.2, 0) is 12.1 Å². The zero-order valence-corrected chi connectivity index (χ0v) is 15.5. The second-order valence-corrected chi connectivity index (χ2v) is 7.74. The van der Waals surface area contributed by atoms with Gasteiger partial charge in [-0.25, -0.2) is 9.78 Å². The van der Waals surface area contributed by atoms with E-state index in [2.05, 4.69) is 40.8 Å². The number of carbonyl (C=O) groups excluding carboxylic acids is 1. The molecular formula is C18H27N5O2. The molecule has 0 saturated carbocycles. The fourth-order valence-electron chi connectivity index (χ4n) is 3.35. The summed E-state index contributed by atoms with van der Waals surface area (Å²) in [6.45, 7) is 10.2. The highest BCUT2D eigenvalue weighted by Gasteiger charge is 2.29. The molecule has 3 rings (SSSR count). The number of amides is 2. The summed E-state index contributed by atoms with van der Waals surface area (Å²) in [7, 11) is 0. The van der Waals surface area contributed by atoms with Crippen molar-refractivity contribution < 1.29 is 9.32 Å². The Morgan fingerprint density at radius 3 is 2.92 bits per heavy atom. The lowest BCUT2D eigenvalue weighted by atomic mass is 9.94. The second kappa shape index (κ2) is 6.90. The van der Waals surface area contributed by atoms with Crippen LogP contribution >= 0.6 is 0 Å². The first-order valence-electron chi connectivity index (χ1n) is 8.82. The molecule has 1 aliphatic rings. The molecule has 0 aromatic carbocycles. The second-order valence-electron chi connectivity index (χ2n) is 7.74. The Hall–Kier alpha value is -2.31. The lowest BCUT2D eigenvalue weighted by Crippen LogP contribution is -2.45. The molecule has 25 heavy (non-hydrogen) atoms. The van der Waals surface area contributed by atoms with Crippen molar-refractivity contribution in [3.63, 3.8) is 0 Å².